The van der Waals surface area contributed by atoms with Gasteiger partial charge in [-0.3, -0.25) is 9.20 Å². The van der Waals surface area contributed by atoms with Crippen LogP contribution < -0.4 is 11.0 Å². The Morgan fingerprint density at radius 3 is 3.00 bits per heavy atom. The monoisotopic (exact) mass is 236 g/mol. The van der Waals surface area contributed by atoms with E-state index in [4.69, 9.17) is 5.11 Å². The maximum absolute atomic E-state index is 11.8. The van der Waals surface area contributed by atoms with Gasteiger partial charge < -0.3 is 10.4 Å². The first kappa shape index (κ1) is 11.3. The van der Waals surface area contributed by atoms with E-state index in [2.05, 4.69) is 10.4 Å². The van der Waals surface area contributed by atoms with E-state index < -0.39 is 5.97 Å². The average molecular weight is 236 g/mol. The highest BCUT2D eigenvalue weighted by Crippen LogP contribution is 1.94. The Morgan fingerprint density at radius 1 is 1.47 bits per heavy atom. The first-order valence-corrected chi connectivity index (χ1v) is 5.15. The minimum atomic E-state index is -0.924. The topological polar surface area (TPSA) is 88.6 Å². The molecule has 0 spiro atoms. The zero-order chi connectivity index (χ0) is 12.3. The van der Waals surface area contributed by atoms with E-state index in [1.165, 1.54) is 9.08 Å². The molecule has 0 aliphatic heterocycles. The normalized spacial score (nSPS) is 10.8. The lowest BCUT2D eigenvalue weighted by Gasteiger charge is -1.99. The van der Waals surface area contributed by atoms with Gasteiger partial charge in [0.1, 0.15) is 0 Å². The summed E-state index contributed by atoms with van der Waals surface area (Å²) in [5, 5.41) is 15.2. The molecule has 0 aliphatic carbocycles. The molecule has 2 aromatic heterocycles. The van der Waals surface area contributed by atoms with Crippen LogP contribution in [0.25, 0.3) is 5.65 Å². The Labute approximate surface area is 96.3 Å². The van der Waals surface area contributed by atoms with Gasteiger partial charge in [0, 0.05) is 12.7 Å². The molecular formula is C10H12N4O3. The minimum absolute atomic E-state index is 0.123. The van der Waals surface area contributed by atoms with Crippen molar-refractivity contribution in [1.29, 1.82) is 0 Å². The van der Waals surface area contributed by atoms with Crippen LogP contribution in [0.3, 0.4) is 0 Å². The Kier molecular flexibility index (Phi) is 3.20. The average Bonchev–Trinajstić information content (AvgIpc) is 2.63. The molecule has 2 N–H and O–H groups in total. The summed E-state index contributed by atoms with van der Waals surface area (Å²) in [4.78, 5) is 22.0. The Balaban J connectivity index is 2.06. The second-order valence-electron chi connectivity index (χ2n) is 3.51. The fourth-order valence-corrected chi connectivity index (χ4v) is 1.49. The van der Waals surface area contributed by atoms with Crippen molar-refractivity contribution in [2.24, 2.45) is 0 Å². The number of carboxylic acid groups (broad SMARTS) is 1. The molecule has 2 rings (SSSR count). The Morgan fingerprint density at radius 2 is 2.29 bits per heavy atom. The molecule has 0 aromatic carbocycles. The number of aromatic nitrogens is 3. The fourth-order valence-electron chi connectivity index (χ4n) is 1.49. The number of nitrogens with zero attached hydrogens (tertiary/aromatic N) is 3. The van der Waals surface area contributed by atoms with Crippen molar-refractivity contribution in [3.05, 3.63) is 34.9 Å². The predicted octanol–water partition coefficient (Wildman–Crippen LogP) is -0.830. The fraction of sp³-hybridized carbons (Fsp3) is 0.300. The number of hydrogen-bond acceptors (Lipinski definition) is 4. The summed E-state index contributed by atoms with van der Waals surface area (Å²) < 4.78 is 2.75. The molecule has 90 valence electrons. The summed E-state index contributed by atoms with van der Waals surface area (Å²) >= 11 is 0. The number of aliphatic carboxylic acids is 1. The number of fused-ring (bicyclic) bond motifs is 1. The summed E-state index contributed by atoms with van der Waals surface area (Å²) in [7, 11) is 0. The van der Waals surface area contributed by atoms with Gasteiger partial charge in [-0.15, -0.1) is 5.10 Å². The van der Waals surface area contributed by atoms with E-state index >= 15 is 0 Å². The molecule has 0 saturated carbocycles. The van der Waals surface area contributed by atoms with Crippen LogP contribution in [-0.4, -0.2) is 38.3 Å². The molecule has 0 fully saturated rings. The van der Waals surface area contributed by atoms with E-state index in [9.17, 15) is 9.59 Å². The maximum atomic E-state index is 11.8. The molecule has 0 atom stereocenters. The van der Waals surface area contributed by atoms with Gasteiger partial charge in [-0.2, -0.15) is 0 Å². The van der Waals surface area contributed by atoms with Crippen LogP contribution in [0.1, 0.15) is 0 Å². The number of nitrogens with one attached hydrogen (secondary N) is 1. The molecule has 0 radical (unpaired) electrons. The zero-order valence-electron chi connectivity index (χ0n) is 9.04. The van der Waals surface area contributed by atoms with Crippen molar-refractivity contribution in [3.8, 4) is 0 Å². The van der Waals surface area contributed by atoms with Gasteiger partial charge in [-0.1, -0.05) is 6.07 Å². The summed E-state index contributed by atoms with van der Waals surface area (Å²) in [6, 6.07) is 5.29. The molecule has 7 nitrogen and oxygen atoms in total. The van der Waals surface area contributed by atoms with Crippen LogP contribution in [0, 0.1) is 0 Å². The summed E-state index contributed by atoms with van der Waals surface area (Å²) in [5.74, 6) is -0.924. The molecular weight excluding hydrogens is 224 g/mol. The second-order valence-corrected chi connectivity index (χ2v) is 3.51. The third-order valence-electron chi connectivity index (χ3n) is 2.27. The maximum Gasteiger partial charge on any atom is 0.350 e. The van der Waals surface area contributed by atoms with Crippen molar-refractivity contribution >= 4 is 11.6 Å². The third kappa shape index (κ3) is 2.51. The van der Waals surface area contributed by atoms with Crippen molar-refractivity contribution in [2.75, 3.05) is 13.1 Å². The second kappa shape index (κ2) is 4.79. The van der Waals surface area contributed by atoms with Crippen LogP contribution >= 0.6 is 0 Å². The van der Waals surface area contributed by atoms with Crippen LogP contribution in [0.2, 0.25) is 0 Å². The number of carbonyl (C=O) groups is 1. The quantitative estimate of drug-likeness (QED) is 0.661. The molecule has 0 unspecified atom stereocenters. The summed E-state index contributed by atoms with van der Waals surface area (Å²) in [6.07, 6.45) is 1.64. The summed E-state index contributed by atoms with van der Waals surface area (Å²) in [6.45, 7) is 0.603. The van der Waals surface area contributed by atoms with E-state index in [1.54, 1.807) is 24.4 Å². The first-order valence-electron chi connectivity index (χ1n) is 5.15. The van der Waals surface area contributed by atoms with Crippen LogP contribution in [0.5, 0.6) is 0 Å². The van der Waals surface area contributed by atoms with Gasteiger partial charge in [0.05, 0.1) is 13.1 Å². The molecule has 0 aliphatic rings. The highest BCUT2D eigenvalue weighted by atomic mass is 16.4. The van der Waals surface area contributed by atoms with E-state index in [1.807, 2.05) is 0 Å². The van der Waals surface area contributed by atoms with Crippen LogP contribution in [0.15, 0.2) is 29.2 Å². The lowest BCUT2D eigenvalue weighted by atomic mass is 10.5. The van der Waals surface area contributed by atoms with Crippen molar-refractivity contribution in [2.45, 2.75) is 6.54 Å². The Hall–Kier alpha value is -2.15. The first-order chi connectivity index (χ1) is 8.18. The van der Waals surface area contributed by atoms with Gasteiger partial charge >= 0.3 is 11.7 Å². The van der Waals surface area contributed by atoms with Crippen LogP contribution in [-0.2, 0) is 11.3 Å². The Bertz CT molecular complexity index is 586. The van der Waals surface area contributed by atoms with Crippen LogP contribution in [0.4, 0.5) is 0 Å². The minimum Gasteiger partial charge on any atom is -0.480 e. The van der Waals surface area contributed by atoms with E-state index in [0.29, 0.717) is 18.7 Å². The largest absolute Gasteiger partial charge is 0.480 e. The smallest absolute Gasteiger partial charge is 0.350 e. The van der Waals surface area contributed by atoms with Gasteiger partial charge in [0.25, 0.3) is 0 Å². The lowest BCUT2D eigenvalue weighted by molar-refractivity contribution is -0.135. The highest BCUT2D eigenvalue weighted by molar-refractivity contribution is 5.68. The molecule has 0 bridgehead atoms. The number of rotatable bonds is 5. The molecule has 2 heterocycles. The molecule has 2 aromatic rings. The molecule has 0 saturated heterocycles. The van der Waals surface area contributed by atoms with Crippen molar-refractivity contribution in [1.82, 2.24) is 19.5 Å². The van der Waals surface area contributed by atoms with Crippen molar-refractivity contribution < 1.29 is 9.90 Å². The van der Waals surface area contributed by atoms with E-state index in [-0.39, 0.29) is 12.2 Å². The number of carboxylic acids is 1. The highest BCUT2D eigenvalue weighted by Gasteiger charge is 2.05. The SMILES string of the molecule is O=C(O)CNCCn1nc2ccccn2c1=O. The third-order valence-corrected chi connectivity index (χ3v) is 2.27. The standard InChI is InChI=1S/C10H12N4O3/c15-9(16)7-11-4-6-14-10(17)13-5-2-1-3-8(13)12-14/h1-3,5,11H,4,6-7H2,(H,15,16). The summed E-state index contributed by atoms with van der Waals surface area (Å²) in [5.41, 5.74) is 0.355. The number of pyridine rings is 1. The van der Waals surface area contributed by atoms with Crippen molar-refractivity contribution in [3.63, 3.8) is 0 Å². The van der Waals surface area contributed by atoms with Gasteiger partial charge in [-0.25, -0.2) is 9.48 Å². The zero-order valence-corrected chi connectivity index (χ0v) is 9.04. The van der Waals surface area contributed by atoms with Gasteiger partial charge in [-0.05, 0) is 12.1 Å². The van der Waals surface area contributed by atoms with E-state index in [0.717, 1.165) is 0 Å². The molecule has 7 heteroatoms. The molecule has 17 heavy (non-hydrogen) atoms. The van der Waals surface area contributed by atoms with Gasteiger partial charge in [0.15, 0.2) is 5.65 Å². The molecule has 0 amide bonds. The number of hydrogen-bond donors (Lipinski definition) is 2. The lowest BCUT2D eigenvalue weighted by Crippen LogP contribution is -2.30. The predicted molar refractivity (Wildman–Crippen MR) is 60.0 cm³/mol. The van der Waals surface area contributed by atoms with Gasteiger partial charge in [0.2, 0.25) is 0 Å².